The molecule has 8 unspecified atom stereocenters. The van der Waals surface area contributed by atoms with Crippen LogP contribution in [0.25, 0.3) is 0 Å². The van der Waals surface area contributed by atoms with Gasteiger partial charge in [-0.2, -0.15) is 0 Å². The highest BCUT2D eigenvalue weighted by Crippen LogP contribution is 2.29. The van der Waals surface area contributed by atoms with Crippen molar-refractivity contribution in [2.75, 3.05) is 55.0 Å². The summed E-state index contributed by atoms with van der Waals surface area (Å²) < 4.78 is 12.0. The van der Waals surface area contributed by atoms with Gasteiger partial charge in [0.2, 0.25) is 29.5 Å². The molecular weight excluding hydrogens is 718 g/mol. The summed E-state index contributed by atoms with van der Waals surface area (Å²) in [5, 5.41) is 13.3. The maximum atomic E-state index is 14.2. The molecule has 0 spiro atoms. The van der Waals surface area contributed by atoms with Gasteiger partial charge in [-0.3, -0.25) is 29.0 Å². The summed E-state index contributed by atoms with van der Waals surface area (Å²) in [4.78, 5) is 71.6. The summed E-state index contributed by atoms with van der Waals surface area (Å²) in [5.41, 5.74) is 7.51. The standard InChI is InChI=1S/C40H67N9O7/c1-11-26(4)36(47(7)40(54)35(25(2)3)45-33(50)24-41-6)32(55-9)21-34(51)49-19-15-18-31(49)37(56-10)27(5)38(52)44-30(20-28-16-13-12-14-17-28)39(53)42-22-29-23-43-46-48(29)8/h12-14,16-17,23,25-27,30-32,35-37,41,43,46H,11,15,18-22,24H2,1-10H3,(H,42,53)(H,44,52)(H,45,50). The van der Waals surface area contributed by atoms with Gasteiger partial charge in [0.05, 0.1) is 55.4 Å². The third-order valence-corrected chi connectivity index (χ3v) is 11.1. The quantitative estimate of drug-likeness (QED) is 0.0983. The smallest absolute Gasteiger partial charge is 0.245 e. The van der Waals surface area contributed by atoms with Crippen LogP contribution in [-0.2, 0) is 39.9 Å². The Hall–Kier alpha value is -4.25. The maximum absolute atomic E-state index is 14.2. The Morgan fingerprint density at radius 3 is 2.27 bits per heavy atom. The molecule has 2 heterocycles. The van der Waals surface area contributed by atoms with Gasteiger partial charge in [-0.15, -0.1) is 5.53 Å². The number of rotatable bonds is 22. The predicted molar refractivity (Wildman–Crippen MR) is 214 cm³/mol. The van der Waals surface area contributed by atoms with Crippen LogP contribution in [0, 0.1) is 17.8 Å². The molecule has 0 radical (unpaired) electrons. The molecule has 56 heavy (non-hydrogen) atoms. The fourth-order valence-electron chi connectivity index (χ4n) is 7.64. The summed E-state index contributed by atoms with van der Waals surface area (Å²) in [7, 11) is 8.28. The highest BCUT2D eigenvalue weighted by atomic mass is 16.5. The third-order valence-electron chi connectivity index (χ3n) is 11.1. The monoisotopic (exact) mass is 786 g/mol. The molecule has 2 aliphatic rings. The summed E-state index contributed by atoms with van der Waals surface area (Å²) in [6, 6.07) is 7.03. The van der Waals surface area contributed by atoms with E-state index in [4.69, 9.17) is 9.47 Å². The van der Waals surface area contributed by atoms with Crippen molar-refractivity contribution in [3.8, 4) is 0 Å². The van der Waals surface area contributed by atoms with Gasteiger partial charge in [0.25, 0.3) is 0 Å². The van der Waals surface area contributed by atoms with Gasteiger partial charge in [-0.25, -0.2) is 0 Å². The van der Waals surface area contributed by atoms with E-state index in [-0.39, 0.29) is 67.3 Å². The summed E-state index contributed by atoms with van der Waals surface area (Å²) >= 11 is 0. The fraction of sp³-hybridized carbons (Fsp3) is 0.675. The average Bonchev–Trinajstić information content (AvgIpc) is 3.84. The lowest BCUT2D eigenvalue weighted by Gasteiger charge is -2.40. The molecule has 6 N–H and O–H groups in total. The Morgan fingerprint density at radius 1 is 1.00 bits per heavy atom. The Balaban J connectivity index is 1.77. The highest BCUT2D eigenvalue weighted by molar-refractivity contribution is 5.90. The molecule has 0 saturated carbocycles. The van der Waals surface area contributed by atoms with E-state index in [1.807, 2.05) is 65.1 Å². The lowest BCUT2D eigenvalue weighted by atomic mass is 9.89. The number of carbonyl (C=O) groups is 5. The lowest BCUT2D eigenvalue weighted by Crippen LogP contribution is -2.58. The molecule has 5 amide bonds. The van der Waals surface area contributed by atoms with Gasteiger partial charge in [0, 0.05) is 47.5 Å². The van der Waals surface area contributed by atoms with E-state index < -0.39 is 42.3 Å². The third kappa shape index (κ3) is 12.4. The van der Waals surface area contributed by atoms with E-state index in [9.17, 15) is 24.0 Å². The largest absolute Gasteiger partial charge is 0.379 e. The van der Waals surface area contributed by atoms with Crippen LogP contribution in [0.2, 0.25) is 0 Å². The van der Waals surface area contributed by atoms with Gasteiger partial charge in [-0.05, 0) is 37.3 Å². The number of nitrogens with one attached hydrogen (secondary N) is 6. The van der Waals surface area contributed by atoms with Gasteiger partial charge in [0.1, 0.15) is 12.1 Å². The van der Waals surface area contributed by atoms with Gasteiger partial charge < -0.3 is 46.0 Å². The number of amides is 5. The SMILES string of the molecule is CCC(C)C(C(CC(=O)N1CCCC1C(OC)C(C)C(=O)NC(Cc1ccccc1)C(=O)NCC1=CNNN1C)OC)N(C)C(=O)C(NC(=O)CNC)C(C)C. The van der Waals surface area contributed by atoms with E-state index in [0.29, 0.717) is 13.0 Å². The van der Waals surface area contributed by atoms with Crippen LogP contribution in [0.1, 0.15) is 65.9 Å². The number of carbonyl (C=O) groups excluding carboxylic acids is 5. The van der Waals surface area contributed by atoms with Crippen molar-refractivity contribution in [1.82, 2.24) is 47.0 Å². The van der Waals surface area contributed by atoms with Crippen LogP contribution in [-0.4, -0.2) is 136 Å². The first-order valence-electron chi connectivity index (χ1n) is 19.8. The molecule has 8 atom stereocenters. The normalized spacial score (nSPS) is 19.2. The van der Waals surface area contributed by atoms with Crippen molar-refractivity contribution < 1.29 is 33.4 Å². The second-order valence-corrected chi connectivity index (χ2v) is 15.3. The molecule has 0 bridgehead atoms. The van der Waals surface area contributed by atoms with Crippen LogP contribution < -0.4 is 32.2 Å². The Labute approximate surface area is 333 Å². The van der Waals surface area contributed by atoms with E-state index in [2.05, 4.69) is 32.2 Å². The average molecular weight is 786 g/mol. The Morgan fingerprint density at radius 2 is 1.70 bits per heavy atom. The molecule has 0 aromatic heterocycles. The van der Waals surface area contributed by atoms with Crippen LogP contribution in [0.4, 0.5) is 0 Å². The minimum absolute atomic E-state index is 0.00504. The first kappa shape index (κ1) is 46.1. The maximum Gasteiger partial charge on any atom is 0.245 e. The van der Waals surface area contributed by atoms with Crippen molar-refractivity contribution >= 4 is 29.5 Å². The van der Waals surface area contributed by atoms with E-state index in [1.54, 1.807) is 49.1 Å². The van der Waals surface area contributed by atoms with Crippen LogP contribution in [0.5, 0.6) is 0 Å². The summed E-state index contributed by atoms with van der Waals surface area (Å²) in [5.74, 6) is -2.29. The Bertz CT molecular complexity index is 1480. The number of methoxy groups -OCH3 is 2. The number of benzene rings is 1. The Kier molecular flexibility index (Phi) is 18.5. The van der Waals surface area contributed by atoms with Gasteiger partial charge in [-0.1, -0.05) is 71.4 Å². The van der Waals surface area contributed by atoms with Crippen LogP contribution in [0.15, 0.2) is 42.2 Å². The van der Waals surface area contributed by atoms with E-state index in [1.165, 1.54) is 7.11 Å². The van der Waals surface area contributed by atoms with Crippen LogP contribution >= 0.6 is 0 Å². The highest BCUT2D eigenvalue weighted by Gasteiger charge is 2.43. The predicted octanol–water partition coefficient (Wildman–Crippen LogP) is 0.907. The molecule has 16 nitrogen and oxygen atoms in total. The fourth-order valence-corrected chi connectivity index (χ4v) is 7.64. The first-order valence-corrected chi connectivity index (χ1v) is 19.8. The number of hydrogen-bond acceptors (Lipinski definition) is 11. The molecular formula is C40H67N9O7. The van der Waals surface area contributed by atoms with Crippen molar-refractivity contribution in [1.29, 1.82) is 0 Å². The molecule has 314 valence electrons. The van der Waals surface area contributed by atoms with Crippen molar-refractivity contribution in [3.63, 3.8) is 0 Å². The number of hydrogen-bond donors (Lipinski definition) is 6. The zero-order valence-electron chi connectivity index (χ0n) is 35.0. The number of hydrazine groups is 2. The summed E-state index contributed by atoms with van der Waals surface area (Å²) in [6.07, 6.45) is 2.84. The number of likely N-dealkylation sites (tertiary alicyclic amines) is 1. The topological polar surface area (TPSA) is 186 Å². The zero-order chi connectivity index (χ0) is 41.5. The van der Waals surface area contributed by atoms with Gasteiger partial charge in [0.15, 0.2) is 0 Å². The minimum atomic E-state index is -0.856. The van der Waals surface area contributed by atoms with Crippen molar-refractivity contribution in [2.24, 2.45) is 17.8 Å². The second kappa shape index (κ2) is 22.5. The summed E-state index contributed by atoms with van der Waals surface area (Å²) in [6.45, 7) is 10.4. The minimum Gasteiger partial charge on any atom is -0.379 e. The first-order chi connectivity index (χ1) is 26.7. The van der Waals surface area contributed by atoms with E-state index in [0.717, 1.165) is 24.1 Å². The molecule has 1 fully saturated rings. The molecule has 0 aliphatic carbocycles. The molecule has 2 aliphatic heterocycles. The lowest BCUT2D eigenvalue weighted by molar-refractivity contribution is -0.147. The van der Waals surface area contributed by atoms with Crippen molar-refractivity contribution in [3.05, 3.63) is 47.8 Å². The number of likely N-dealkylation sites (N-methyl/N-ethyl adjacent to an activating group) is 3. The molecule has 1 aromatic rings. The number of ether oxygens (including phenoxy) is 2. The second-order valence-electron chi connectivity index (χ2n) is 15.3. The molecule has 1 saturated heterocycles. The molecule has 1 aromatic carbocycles. The van der Waals surface area contributed by atoms with Crippen LogP contribution in [0.3, 0.4) is 0 Å². The van der Waals surface area contributed by atoms with Crippen molar-refractivity contribution in [2.45, 2.75) is 103 Å². The number of nitrogens with zero attached hydrogens (tertiary/aromatic N) is 3. The zero-order valence-corrected chi connectivity index (χ0v) is 35.0. The van der Waals surface area contributed by atoms with E-state index >= 15 is 0 Å². The van der Waals surface area contributed by atoms with Gasteiger partial charge >= 0.3 is 0 Å². The molecule has 3 rings (SSSR count). The molecule has 16 heteroatoms.